The SMILES string of the molecule is COCn1c2c(c3ccccc31)CCN[C@H]2C/C=C/CC/C=C/CO. The normalized spacial score (nSPS) is 17.8. The number of aliphatic hydroxyl groups is 1. The Morgan fingerprint density at radius 1 is 1.20 bits per heavy atom. The highest BCUT2D eigenvalue weighted by atomic mass is 16.5. The molecule has 1 aliphatic heterocycles. The first-order valence-corrected chi connectivity index (χ1v) is 9.10. The summed E-state index contributed by atoms with van der Waals surface area (Å²) in [5.41, 5.74) is 4.11. The van der Waals surface area contributed by atoms with E-state index in [1.807, 2.05) is 6.08 Å². The summed E-state index contributed by atoms with van der Waals surface area (Å²) in [5.74, 6) is 0. The van der Waals surface area contributed by atoms with Gasteiger partial charge in [0.1, 0.15) is 6.73 Å². The molecule has 25 heavy (non-hydrogen) atoms. The van der Waals surface area contributed by atoms with Gasteiger partial charge in [-0.15, -0.1) is 0 Å². The van der Waals surface area contributed by atoms with Gasteiger partial charge in [0.15, 0.2) is 0 Å². The third-order valence-corrected chi connectivity index (χ3v) is 4.78. The van der Waals surface area contributed by atoms with Crippen LogP contribution in [0.1, 0.15) is 36.6 Å². The molecule has 0 fully saturated rings. The standard InChI is InChI=1S/C21H28N2O2/c1-25-16-23-20-12-8-7-10-17(20)18-13-14-22-19(21(18)23)11-6-4-2-3-5-9-15-24/h4-10,12,19,22,24H,2-3,11,13-16H2,1H3/b6-4+,9-5+/t19-/m0/s1. The monoisotopic (exact) mass is 340 g/mol. The first-order chi connectivity index (χ1) is 12.4. The molecule has 1 aliphatic rings. The number of methoxy groups -OCH3 is 1. The number of para-hydroxylation sites is 1. The molecule has 1 atom stereocenters. The van der Waals surface area contributed by atoms with Crippen LogP contribution in [0.3, 0.4) is 0 Å². The van der Waals surface area contributed by atoms with Gasteiger partial charge in [0.2, 0.25) is 0 Å². The summed E-state index contributed by atoms with van der Waals surface area (Å²) in [6.45, 7) is 1.73. The van der Waals surface area contributed by atoms with Crippen molar-refractivity contribution in [2.75, 3.05) is 20.3 Å². The molecule has 4 nitrogen and oxygen atoms in total. The lowest BCUT2D eigenvalue weighted by Crippen LogP contribution is -2.31. The molecule has 0 radical (unpaired) electrons. The molecule has 0 aliphatic carbocycles. The van der Waals surface area contributed by atoms with Crippen LogP contribution >= 0.6 is 0 Å². The Morgan fingerprint density at radius 2 is 2.00 bits per heavy atom. The van der Waals surface area contributed by atoms with Crippen LogP contribution in [0.15, 0.2) is 48.6 Å². The largest absolute Gasteiger partial charge is 0.392 e. The quantitative estimate of drug-likeness (QED) is 0.569. The predicted octanol–water partition coefficient (Wildman–Crippen LogP) is 3.71. The molecule has 4 heteroatoms. The maximum absolute atomic E-state index is 8.74. The van der Waals surface area contributed by atoms with Gasteiger partial charge in [0.25, 0.3) is 0 Å². The predicted molar refractivity (Wildman–Crippen MR) is 103 cm³/mol. The van der Waals surface area contributed by atoms with E-state index in [0.717, 1.165) is 32.2 Å². The summed E-state index contributed by atoms with van der Waals surface area (Å²) in [5, 5.41) is 13.8. The maximum atomic E-state index is 8.74. The van der Waals surface area contributed by atoms with E-state index in [4.69, 9.17) is 9.84 Å². The minimum absolute atomic E-state index is 0.128. The van der Waals surface area contributed by atoms with Crippen LogP contribution in [0.4, 0.5) is 0 Å². The lowest BCUT2D eigenvalue weighted by atomic mass is 9.97. The van der Waals surface area contributed by atoms with Gasteiger partial charge >= 0.3 is 0 Å². The molecule has 0 saturated heterocycles. The summed E-state index contributed by atoms with van der Waals surface area (Å²) in [7, 11) is 1.76. The molecule has 134 valence electrons. The van der Waals surface area contributed by atoms with Crippen molar-refractivity contribution in [3.05, 3.63) is 59.8 Å². The number of allylic oxidation sites excluding steroid dienone is 2. The van der Waals surface area contributed by atoms with Crippen molar-refractivity contribution in [3.8, 4) is 0 Å². The summed E-state index contributed by atoms with van der Waals surface area (Å²) in [6.07, 6.45) is 12.4. The zero-order chi connectivity index (χ0) is 17.5. The molecular formula is C21H28N2O2. The van der Waals surface area contributed by atoms with Crippen molar-refractivity contribution in [1.82, 2.24) is 9.88 Å². The molecule has 0 spiro atoms. The van der Waals surface area contributed by atoms with E-state index in [1.54, 1.807) is 13.2 Å². The van der Waals surface area contributed by atoms with Crippen molar-refractivity contribution >= 4 is 10.9 Å². The van der Waals surface area contributed by atoms with Gasteiger partial charge in [-0.1, -0.05) is 42.5 Å². The Kier molecular flexibility index (Phi) is 6.45. The highest BCUT2D eigenvalue weighted by Gasteiger charge is 2.26. The van der Waals surface area contributed by atoms with E-state index >= 15 is 0 Å². The lowest BCUT2D eigenvalue weighted by molar-refractivity contribution is 0.130. The first-order valence-electron chi connectivity index (χ1n) is 9.10. The molecule has 2 N–H and O–H groups in total. The fourth-order valence-electron chi connectivity index (χ4n) is 3.72. The van der Waals surface area contributed by atoms with Crippen LogP contribution in [0.25, 0.3) is 10.9 Å². The van der Waals surface area contributed by atoms with Crippen molar-refractivity contribution < 1.29 is 9.84 Å². The van der Waals surface area contributed by atoms with Gasteiger partial charge in [-0.05, 0) is 43.9 Å². The Morgan fingerprint density at radius 3 is 2.80 bits per heavy atom. The Bertz CT molecular complexity index is 746. The van der Waals surface area contributed by atoms with Gasteiger partial charge in [-0.25, -0.2) is 0 Å². The number of unbranched alkanes of at least 4 members (excludes halogenated alkanes) is 1. The number of rotatable bonds is 8. The average Bonchev–Trinajstić information content (AvgIpc) is 2.96. The maximum Gasteiger partial charge on any atom is 0.122 e. The number of nitrogens with one attached hydrogen (secondary N) is 1. The second-order valence-corrected chi connectivity index (χ2v) is 6.42. The minimum atomic E-state index is 0.128. The number of fused-ring (bicyclic) bond motifs is 3. The fraction of sp³-hybridized carbons (Fsp3) is 0.429. The molecule has 0 bridgehead atoms. The highest BCUT2D eigenvalue weighted by Crippen LogP contribution is 2.34. The van der Waals surface area contributed by atoms with Crippen LogP contribution in [0.2, 0.25) is 0 Å². The smallest absolute Gasteiger partial charge is 0.122 e. The van der Waals surface area contributed by atoms with E-state index in [1.165, 1.54) is 22.2 Å². The fourth-order valence-corrected chi connectivity index (χ4v) is 3.72. The Hall–Kier alpha value is -1.88. The van der Waals surface area contributed by atoms with Gasteiger partial charge in [0, 0.05) is 18.2 Å². The van der Waals surface area contributed by atoms with Crippen molar-refractivity contribution in [3.63, 3.8) is 0 Å². The van der Waals surface area contributed by atoms with Crippen LogP contribution in [0, 0.1) is 0 Å². The van der Waals surface area contributed by atoms with E-state index in [-0.39, 0.29) is 6.61 Å². The minimum Gasteiger partial charge on any atom is -0.392 e. The van der Waals surface area contributed by atoms with Gasteiger partial charge in [-0.3, -0.25) is 0 Å². The third kappa shape index (κ3) is 4.03. The molecular weight excluding hydrogens is 312 g/mol. The van der Waals surface area contributed by atoms with Crippen molar-refractivity contribution in [1.29, 1.82) is 0 Å². The third-order valence-electron chi connectivity index (χ3n) is 4.78. The molecule has 1 aromatic carbocycles. The summed E-state index contributed by atoms with van der Waals surface area (Å²) >= 11 is 0. The topological polar surface area (TPSA) is 46.4 Å². The molecule has 1 aromatic heterocycles. The number of nitrogens with zero attached hydrogens (tertiary/aromatic N) is 1. The van der Waals surface area contributed by atoms with Gasteiger partial charge in [-0.2, -0.15) is 0 Å². The van der Waals surface area contributed by atoms with E-state index < -0.39 is 0 Å². The van der Waals surface area contributed by atoms with E-state index in [2.05, 4.69) is 46.3 Å². The van der Waals surface area contributed by atoms with Crippen LogP contribution in [-0.4, -0.2) is 29.9 Å². The molecule has 0 amide bonds. The zero-order valence-corrected chi connectivity index (χ0v) is 14.9. The second kappa shape index (κ2) is 8.99. The average molecular weight is 340 g/mol. The second-order valence-electron chi connectivity index (χ2n) is 6.42. The highest BCUT2D eigenvalue weighted by molar-refractivity contribution is 5.86. The number of aliphatic hydroxyl groups excluding tert-OH is 1. The first kappa shape index (κ1) is 17.9. The molecule has 3 rings (SSSR count). The van der Waals surface area contributed by atoms with Gasteiger partial charge < -0.3 is 19.7 Å². The number of hydrogen-bond donors (Lipinski definition) is 2. The van der Waals surface area contributed by atoms with Crippen LogP contribution in [-0.2, 0) is 17.9 Å². The molecule has 2 aromatic rings. The van der Waals surface area contributed by atoms with E-state index in [0.29, 0.717) is 12.8 Å². The summed E-state index contributed by atoms with van der Waals surface area (Å²) in [6, 6.07) is 8.97. The number of benzene rings is 1. The zero-order valence-electron chi connectivity index (χ0n) is 14.9. The number of ether oxygens (including phenoxy) is 1. The Labute approximate surface area is 149 Å². The summed E-state index contributed by atoms with van der Waals surface area (Å²) < 4.78 is 7.80. The van der Waals surface area contributed by atoms with Crippen molar-refractivity contribution in [2.24, 2.45) is 0 Å². The number of hydrogen-bond acceptors (Lipinski definition) is 3. The Balaban J connectivity index is 1.79. The molecule has 0 unspecified atom stereocenters. The molecule has 0 saturated carbocycles. The molecule has 2 heterocycles. The lowest BCUT2D eigenvalue weighted by Gasteiger charge is -2.26. The number of aromatic nitrogens is 1. The summed E-state index contributed by atoms with van der Waals surface area (Å²) in [4.78, 5) is 0. The van der Waals surface area contributed by atoms with Crippen LogP contribution in [0.5, 0.6) is 0 Å². The van der Waals surface area contributed by atoms with Crippen LogP contribution < -0.4 is 5.32 Å². The van der Waals surface area contributed by atoms with Crippen molar-refractivity contribution in [2.45, 2.75) is 38.5 Å². The van der Waals surface area contributed by atoms with Gasteiger partial charge in [0.05, 0.1) is 18.2 Å². The van der Waals surface area contributed by atoms with E-state index in [9.17, 15) is 0 Å².